The molecule has 0 saturated carbocycles. The molecule has 150 valence electrons. The van der Waals surface area contributed by atoms with Crippen LogP contribution in [-0.4, -0.2) is 63.3 Å². The maximum absolute atomic E-state index is 10.5. The van der Waals surface area contributed by atoms with E-state index in [2.05, 4.69) is 10.3 Å². The Kier molecular flexibility index (Phi) is 5.07. The summed E-state index contributed by atoms with van der Waals surface area (Å²) in [5.41, 5.74) is 1.35. The number of fused-ring (bicyclic) bond motifs is 1. The van der Waals surface area contributed by atoms with E-state index >= 15 is 0 Å². The molecule has 0 amide bonds. The van der Waals surface area contributed by atoms with E-state index in [0.717, 1.165) is 5.69 Å². The van der Waals surface area contributed by atoms with E-state index < -0.39 is 24.5 Å². The van der Waals surface area contributed by atoms with Gasteiger partial charge in [-0.1, -0.05) is 18.2 Å². The van der Waals surface area contributed by atoms with Gasteiger partial charge in [0.2, 0.25) is 0 Å². The molecule has 4 atom stereocenters. The number of aliphatic hydroxyl groups is 2. The largest absolute Gasteiger partial charge is 0.387 e. The second-order valence-corrected chi connectivity index (χ2v) is 7.22. The average Bonchev–Trinajstić information content (AvgIpc) is 3.23. The second-order valence-electron chi connectivity index (χ2n) is 7.22. The van der Waals surface area contributed by atoms with Crippen LogP contribution in [0.5, 0.6) is 0 Å². The third kappa shape index (κ3) is 3.26. The SMILES string of the molecule is CC(C)OC[C@H]1O[C@@H](n2cnc3c2NCN(c2ccccc2)C3=N)[C@H](O)[C@@H]1O. The van der Waals surface area contributed by atoms with E-state index in [1.165, 1.54) is 6.33 Å². The number of anilines is 2. The van der Waals surface area contributed by atoms with E-state index in [0.29, 0.717) is 18.2 Å². The van der Waals surface area contributed by atoms with Crippen molar-refractivity contribution in [3.8, 4) is 0 Å². The van der Waals surface area contributed by atoms with E-state index in [9.17, 15) is 10.2 Å². The average molecular weight is 387 g/mol. The van der Waals surface area contributed by atoms with Crippen LogP contribution in [0, 0.1) is 5.41 Å². The van der Waals surface area contributed by atoms with Crippen molar-refractivity contribution in [2.75, 3.05) is 23.5 Å². The molecular formula is C19H25N5O4. The number of nitrogens with one attached hydrogen (secondary N) is 2. The molecule has 1 fully saturated rings. The van der Waals surface area contributed by atoms with E-state index in [4.69, 9.17) is 14.9 Å². The van der Waals surface area contributed by atoms with E-state index in [1.54, 1.807) is 9.47 Å². The molecule has 0 aliphatic carbocycles. The number of aromatic nitrogens is 2. The molecule has 4 rings (SSSR count). The van der Waals surface area contributed by atoms with Crippen LogP contribution in [0.4, 0.5) is 11.5 Å². The Hall–Kier alpha value is -2.46. The van der Waals surface area contributed by atoms with Gasteiger partial charge in [-0.25, -0.2) is 4.98 Å². The second kappa shape index (κ2) is 7.51. The van der Waals surface area contributed by atoms with Crippen molar-refractivity contribution in [1.29, 1.82) is 5.41 Å². The summed E-state index contributed by atoms with van der Waals surface area (Å²) in [6.07, 6.45) is -2.11. The monoisotopic (exact) mass is 387 g/mol. The molecule has 28 heavy (non-hydrogen) atoms. The van der Waals surface area contributed by atoms with Crippen molar-refractivity contribution in [3.05, 3.63) is 42.4 Å². The van der Waals surface area contributed by atoms with Crippen LogP contribution in [-0.2, 0) is 9.47 Å². The first-order valence-electron chi connectivity index (χ1n) is 9.32. The highest BCUT2D eigenvalue weighted by molar-refractivity contribution is 6.11. The van der Waals surface area contributed by atoms with Crippen molar-refractivity contribution >= 4 is 17.3 Å². The van der Waals surface area contributed by atoms with Crippen LogP contribution in [0.2, 0.25) is 0 Å². The maximum Gasteiger partial charge on any atom is 0.165 e. The minimum absolute atomic E-state index is 0.000827. The molecule has 9 heteroatoms. The van der Waals surface area contributed by atoms with Crippen molar-refractivity contribution in [2.24, 2.45) is 0 Å². The van der Waals surface area contributed by atoms with Gasteiger partial charge in [-0.15, -0.1) is 0 Å². The Bertz CT molecular complexity index is 840. The molecule has 0 radical (unpaired) electrons. The third-order valence-corrected chi connectivity index (χ3v) is 4.97. The van der Waals surface area contributed by atoms with Gasteiger partial charge < -0.3 is 29.9 Å². The number of amidine groups is 1. The number of aliphatic hydroxyl groups excluding tert-OH is 2. The zero-order chi connectivity index (χ0) is 19.8. The molecule has 2 aromatic rings. The molecule has 0 bridgehead atoms. The standard InChI is InChI=1S/C19H25N5O4/c1-11(2)27-8-13-15(25)16(26)19(28-13)24-9-21-14-17(20)23(10-22-18(14)24)12-6-4-3-5-7-12/h3-7,9,11,13,15-16,19-20,22,25-26H,8,10H2,1-2H3/t13-,15-,16-,19-/m1/s1. The smallest absolute Gasteiger partial charge is 0.165 e. The lowest BCUT2D eigenvalue weighted by atomic mass is 10.1. The summed E-state index contributed by atoms with van der Waals surface area (Å²) in [5, 5.41) is 32.6. The van der Waals surface area contributed by atoms with Crippen molar-refractivity contribution in [3.63, 3.8) is 0 Å². The van der Waals surface area contributed by atoms with Crippen LogP contribution < -0.4 is 10.2 Å². The summed E-state index contributed by atoms with van der Waals surface area (Å²) in [4.78, 5) is 6.15. The Morgan fingerprint density at radius 3 is 2.75 bits per heavy atom. The molecule has 3 heterocycles. The molecule has 1 saturated heterocycles. The fraction of sp³-hybridized carbons (Fsp3) is 0.474. The molecular weight excluding hydrogens is 362 g/mol. The Morgan fingerprint density at radius 2 is 2.04 bits per heavy atom. The maximum atomic E-state index is 10.5. The Labute approximate surface area is 163 Å². The number of rotatable bonds is 5. The first kappa shape index (κ1) is 18.9. The summed E-state index contributed by atoms with van der Waals surface area (Å²) >= 11 is 0. The number of hydrogen-bond acceptors (Lipinski definition) is 7. The van der Waals surface area contributed by atoms with Gasteiger partial charge in [0, 0.05) is 5.69 Å². The summed E-state index contributed by atoms with van der Waals surface area (Å²) in [5.74, 6) is 0.838. The first-order chi connectivity index (χ1) is 13.5. The van der Waals surface area contributed by atoms with Crippen LogP contribution in [0.3, 0.4) is 0 Å². The van der Waals surface area contributed by atoms with E-state index in [1.807, 2.05) is 44.2 Å². The van der Waals surface area contributed by atoms with Gasteiger partial charge >= 0.3 is 0 Å². The number of benzene rings is 1. The fourth-order valence-electron chi connectivity index (χ4n) is 3.48. The first-order valence-corrected chi connectivity index (χ1v) is 9.32. The highest BCUT2D eigenvalue weighted by Crippen LogP contribution is 2.35. The highest BCUT2D eigenvalue weighted by atomic mass is 16.6. The summed E-state index contributed by atoms with van der Waals surface area (Å²) < 4.78 is 13.0. The minimum atomic E-state index is -1.12. The van der Waals surface area contributed by atoms with Gasteiger partial charge in [0.05, 0.1) is 25.7 Å². The minimum Gasteiger partial charge on any atom is -0.387 e. The van der Waals surface area contributed by atoms with Gasteiger partial charge in [0.15, 0.2) is 12.1 Å². The predicted octanol–water partition coefficient (Wildman–Crippen LogP) is 1.14. The Morgan fingerprint density at radius 1 is 1.29 bits per heavy atom. The van der Waals surface area contributed by atoms with Gasteiger partial charge in [0.1, 0.15) is 29.8 Å². The van der Waals surface area contributed by atoms with Gasteiger partial charge in [-0.3, -0.25) is 9.98 Å². The predicted molar refractivity (Wildman–Crippen MR) is 103 cm³/mol. The summed E-state index contributed by atoms with van der Waals surface area (Å²) in [7, 11) is 0. The lowest BCUT2D eigenvalue weighted by Crippen LogP contribution is -2.41. The third-order valence-electron chi connectivity index (χ3n) is 4.97. The van der Waals surface area contributed by atoms with Crippen molar-refractivity contribution in [1.82, 2.24) is 9.55 Å². The molecule has 2 aliphatic rings. The molecule has 1 aromatic carbocycles. The van der Waals surface area contributed by atoms with Crippen LogP contribution in [0.25, 0.3) is 0 Å². The van der Waals surface area contributed by atoms with Gasteiger partial charge in [-0.05, 0) is 26.0 Å². The quantitative estimate of drug-likeness (QED) is 0.608. The lowest BCUT2D eigenvalue weighted by molar-refractivity contribution is -0.0759. The highest BCUT2D eigenvalue weighted by Gasteiger charge is 2.45. The zero-order valence-corrected chi connectivity index (χ0v) is 15.8. The summed E-state index contributed by atoms with van der Waals surface area (Å²) in [6.45, 7) is 4.37. The summed E-state index contributed by atoms with van der Waals surface area (Å²) in [6, 6.07) is 9.62. The lowest BCUT2D eigenvalue weighted by Gasteiger charge is -2.31. The van der Waals surface area contributed by atoms with Crippen LogP contribution in [0.15, 0.2) is 36.7 Å². The molecule has 0 spiro atoms. The van der Waals surface area contributed by atoms with Crippen LogP contribution >= 0.6 is 0 Å². The Balaban J connectivity index is 1.55. The molecule has 2 aliphatic heterocycles. The topological polar surface area (TPSA) is 116 Å². The van der Waals surface area contributed by atoms with E-state index in [-0.39, 0.29) is 18.5 Å². The fourth-order valence-corrected chi connectivity index (χ4v) is 3.48. The van der Waals surface area contributed by atoms with Gasteiger partial charge in [0.25, 0.3) is 0 Å². The molecule has 1 aromatic heterocycles. The number of nitrogens with zero attached hydrogens (tertiary/aromatic N) is 3. The normalized spacial score (nSPS) is 27.2. The number of ether oxygens (including phenoxy) is 2. The molecule has 0 unspecified atom stereocenters. The van der Waals surface area contributed by atoms with Crippen molar-refractivity contribution in [2.45, 2.75) is 44.5 Å². The van der Waals surface area contributed by atoms with Crippen LogP contribution in [0.1, 0.15) is 25.8 Å². The van der Waals surface area contributed by atoms with Crippen molar-refractivity contribution < 1.29 is 19.7 Å². The zero-order valence-electron chi connectivity index (χ0n) is 15.8. The molecule has 4 N–H and O–H groups in total. The van der Waals surface area contributed by atoms with Gasteiger partial charge in [-0.2, -0.15) is 0 Å². The number of hydrogen-bond donors (Lipinski definition) is 4. The molecule has 9 nitrogen and oxygen atoms in total. The number of imidazole rings is 1. The number of para-hydroxylation sites is 1.